The Morgan fingerprint density at radius 3 is 2.58 bits per heavy atom. The molecule has 0 bridgehead atoms. The molecular formula is C19H20N4O2S. The third-order valence-electron chi connectivity index (χ3n) is 3.93. The fourth-order valence-electron chi connectivity index (χ4n) is 2.46. The van der Waals surface area contributed by atoms with E-state index in [1.54, 1.807) is 7.11 Å². The lowest BCUT2D eigenvalue weighted by molar-refractivity contribution is -0.113. The monoisotopic (exact) mass is 368 g/mol. The number of amides is 1. The SMILES string of the molecule is COc1ccc(-c2nnc(SCC(=O)Nc3ccccc3C)n2C)cc1. The van der Waals surface area contributed by atoms with E-state index in [0.29, 0.717) is 5.16 Å². The molecule has 7 heteroatoms. The molecule has 3 aromatic rings. The number of aromatic nitrogens is 3. The minimum atomic E-state index is -0.0710. The van der Waals surface area contributed by atoms with Crippen LogP contribution in [0.3, 0.4) is 0 Å². The molecule has 1 aromatic heterocycles. The summed E-state index contributed by atoms with van der Waals surface area (Å²) in [6, 6.07) is 15.3. The van der Waals surface area contributed by atoms with Gasteiger partial charge in [0.1, 0.15) is 5.75 Å². The highest BCUT2D eigenvalue weighted by atomic mass is 32.2. The zero-order valence-electron chi connectivity index (χ0n) is 14.9. The van der Waals surface area contributed by atoms with Crippen LogP contribution in [0.1, 0.15) is 5.56 Å². The van der Waals surface area contributed by atoms with Crippen LogP contribution >= 0.6 is 11.8 Å². The van der Waals surface area contributed by atoms with Crippen molar-refractivity contribution in [2.24, 2.45) is 7.05 Å². The molecule has 0 radical (unpaired) electrons. The molecule has 3 rings (SSSR count). The number of ether oxygens (including phenoxy) is 1. The van der Waals surface area contributed by atoms with E-state index in [1.807, 2.05) is 67.1 Å². The van der Waals surface area contributed by atoms with Gasteiger partial charge in [-0.15, -0.1) is 10.2 Å². The van der Waals surface area contributed by atoms with Crippen LogP contribution in [0.25, 0.3) is 11.4 Å². The van der Waals surface area contributed by atoms with Crippen LogP contribution in [-0.4, -0.2) is 33.5 Å². The fraction of sp³-hybridized carbons (Fsp3) is 0.211. The van der Waals surface area contributed by atoms with Gasteiger partial charge in [0, 0.05) is 18.3 Å². The predicted octanol–water partition coefficient (Wildman–Crippen LogP) is 3.53. The van der Waals surface area contributed by atoms with Crippen LogP contribution in [-0.2, 0) is 11.8 Å². The summed E-state index contributed by atoms with van der Waals surface area (Å²) in [4.78, 5) is 12.2. The second kappa shape index (κ2) is 8.05. The number of carbonyl (C=O) groups is 1. The van der Waals surface area contributed by atoms with Crippen LogP contribution in [0.5, 0.6) is 5.75 Å². The van der Waals surface area contributed by atoms with Crippen LogP contribution in [0.2, 0.25) is 0 Å². The Labute approximate surface area is 156 Å². The van der Waals surface area contributed by atoms with Crippen molar-refractivity contribution < 1.29 is 9.53 Å². The molecule has 0 saturated carbocycles. The number of nitrogens with zero attached hydrogens (tertiary/aromatic N) is 3. The van der Waals surface area contributed by atoms with E-state index < -0.39 is 0 Å². The first kappa shape index (κ1) is 18.0. The second-order valence-corrected chi connectivity index (χ2v) is 6.69. The quantitative estimate of drug-likeness (QED) is 0.674. The second-order valence-electron chi connectivity index (χ2n) is 5.75. The topological polar surface area (TPSA) is 69.0 Å². The maximum atomic E-state index is 12.2. The molecule has 0 unspecified atom stereocenters. The average Bonchev–Trinajstić information content (AvgIpc) is 3.02. The molecule has 0 fully saturated rings. The molecule has 0 spiro atoms. The number of aryl methyl sites for hydroxylation is 1. The summed E-state index contributed by atoms with van der Waals surface area (Å²) in [7, 11) is 3.52. The molecule has 1 amide bonds. The number of rotatable bonds is 6. The minimum Gasteiger partial charge on any atom is -0.497 e. The first-order chi connectivity index (χ1) is 12.6. The van der Waals surface area contributed by atoms with E-state index in [4.69, 9.17) is 4.74 Å². The van der Waals surface area contributed by atoms with Gasteiger partial charge < -0.3 is 14.6 Å². The van der Waals surface area contributed by atoms with Gasteiger partial charge in [0.25, 0.3) is 0 Å². The smallest absolute Gasteiger partial charge is 0.234 e. The number of para-hydroxylation sites is 1. The molecular weight excluding hydrogens is 348 g/mol. The average molecular weight is 368 g/mol. The Bertz CT molecular complexity index is 906. The van der Waals surface area contributed by atoms with Gasteiger partial charge in [0.15, 0.2) is 11.0 Å². The van der Waals surface area contributed by atoms with Crippen molar-refractivity contribution >= 4 is 23.4 Å². The Hall–Kier alpha value is -2.80. The van der Waals surface area contributed by atoms with Gasteiger partial charge in [-0.3, -0.25) is 4.79 Å². The van der Waals surface area contributed by atoms with E-state index in [9.17, 15) is 4.79 Å². The Morgan fingerprint density at radius 2 is 1.88 bits per heavy atom. The number of thioether (sulfide) groups is 1. The Morgan fingerprint density at radius 1 is 1.15 bits per heavy atom. The van der Waals surface area contributed by atoms with E-state index in [1.165, 1.54) is 11.8 Å². The number of carbonyl (C=O) groups excluding carboxylic acids is 1. The summed E-state index contributed by atoms with van der Waals surface area (Å²) >= 11 is 1.36. The Kier molecular flexibility index (Phi) is 5.58. The van der Waals surface area contributed by atoms with Crippen LogP contribution in [0, 0.1) is 6.92 Å². The maximum Gasteiger partial charge on any atom is 0.234 e. The predicted molar refractivity (Wildman–Crippen MR) is 104 cm³/mol. The summed E-state index contributed by atoms with van der Waals surface area (Å²) in [6.45, 7) is 1.96. The summed E-state index contributed by atoms with van der Waals surface area (Å²) in [5, 5.41) is 12.0. The molecule has 1 N–H and O–H groups in total. The summed E-state index contributed by atoms with van der Waals surface area (Å²) in [5.41, 5.74) is 2.80. The normalized spacial score (nSPS) is 10.6. The van der Waals surface area contributed by atoms with Crippen molar-refractivity contribution in [3.05, 3.63) is 54.1 Å². The molecule has 2 aromatic carbocycles. The molecule has 0 saturated heterocycles. The van der Waals surface area contributed by atoms with E-state index in [2.05, 4.69) is 15.5 Å². The molecule has 134 valence electrons. The van der Waals surface area contributed by atoms with Crippen molar-refractivity contribution in [3.63, 3.8) is 0 Å². The maximum absolute atomic E-state index is 12.2. The number of anilines is 1. The summed E-state index contributed by atoms with van der Waals surface area (Å²) in [5.74, 6) is 1.73. The first-order valence-corrected chi connectivity index (χ1v) is 9.09. The molecule has 0 aliphatic rings. The van der Waals surface area contributed by atoms with Crippen molar-refractivity contribution in [1.29, 1.82) is 0 Å². The standard InChI is InChI=1S/C19H20N4O2S/c1-13-6-4-5-7-16(13)20-17(24)12-26-19-22-21-18(23(19)2)14-8-10-15(25-3)11-9-14/h4-11H,12H2,1-3H3,(H,20,24). The molecule has 1 heterocycles. The van der Waals surface area contributed by atoms with Gasteiger partial charge >= 0.3 is 0 Å². The molecule has 0 aliphatic heterocycles. The highest BCUT2D eigenvalue weighted by Crippen LogP contribution is 2.24. The molecule has 6 nitrogen and oxygen atoms in total. The highest BCUT2D eigenvalue weighted by Gasteiger charge is 2.13. The van der Waals surface area contributed by atoms with Gasteiger partial charge in [-0.05, 0) is 42.8 Å². The van der Waals surface area contributed by atoms with Crippen molar-refractivity contribution in [2.75, 3.05) is 18.2 Å². The van der Waals surface area contributed by atoms with E-state index in [-0.39, 0.29) is 11.7 Å². The molecule has 0 aliphatic carbocycles. The van der Waals surface area contributed by atoms with E-state index in [0.717, 1.165) is 28.4 Å². The summed E-state index contributed by atoms with van der Waals surface area (Å²) < 4.78 is 7.05. The lowest BCUT2D eigenvalue weighted by Crippen LogP contribution is -2.15. The van der Waals surface area contributed by atoms with Crippen LogP contribution < -0.4 is 10.1 Å². The third-order valence-corrected chi connectivity index (χ3v) is 4.95. The summed E-state index contributed by atoms with van der Waals surface area (Å²) in [6.07, 6.45) is 0. The lowest BCUT2D eigenvalue weighted by atomic mass is 10.2. The lowest BCUT2D eigenvalue weighted by Gasteiger charge is -2.08. The van der Waals surface area contributed by atoms with Gasteiger partial charge in [-0.1, -0.05) is 30.0 Å². The van der Waals surface area contributed by atoms with Gasteiger partial charge in [0.2, 0.25) is 5.91 Å². The number of methoxy groups -OCH3 is 1. The first-order valence-electron chi connectivity index (χ1n) is 8.10. The molecule has 26 heavy (non-hydrogen) atoms. The van der Waals surface area contributed by atoms with E-state index >= 15 is 0 Å². The number of hydrogen-bond donors (Lipinski definition) is 1. The third kappa shape index (κ3) is 4.05. The zero-order valence-corrected chi connectivity index (χ0v) is 15.7. The van der Waals surface area contributed by atoms with Crippen LogP contribution in [0.15, 0.2) is 53.7 Å². The molecule has 0 atom stereocenters. The highest BCUT2D eigenvalue weighted by molar-refractivity contribution is 7.99. The number of hydrogen-bond acceptors (Lipinski definition) is 5. The Balaban J connectivity index is 1.64. The fourth-order valence-corrected chi connectivity index (χ4v) is 3.17. The zero-order chi connectivity index (χ0) is 18.5. The number of nitrogens with one attached hydrogen (secondary N) is 1. The van der Waals surface area contributed by atoms with Crippen molar-refractivity contribution in [3.8, 4) is 17.1 Å². The van der Waals surface area contributed by atoms with Crippen molar-refractivity contribution in [1.82, 2.24) is 14.8 Å². The van der Waals surface area contributed by atoms with Gasteiger partial charge in [-0.2, -0.15) is 0 Å². The largest absolute Gasteiger partial charge is 0.497 e. The van der Waals surface area contributed by atoms with Crippen LogP contribution in [0.4, 0.5) is 5.69 Å². The van der Waals surface area contributed by atoms with Gasteiger partial charge in [0.05, 0.1) is 12.9 Å². The van der Waals surface area contributed by atoms with Gasteiger partial charge in [-0.25, -0.2) is 0 Å². The number of benzene rings is 2. The minimum absolute atomic E-state index is 0.0710. The van der Waals surface area contributed by atoms with Crippen molar-refractivity contribution in [2.45, 2.75) is 12.1 Å².